The first-order valence-corrected chi connectivity index (χ1v) is 3.77. The summed E-state index contributed by atoms with van der Waals surface area (Å²) in [4.78, 5) is 0. The fraction of sp³-hybridized carbons (Fsp3) is 1.00. The van der Waals surface area contributed by atoms with Crippen LogP contribution in [0.2, 0.25) is 0 Å². The van der Waals surface area contributed by atoms with Crippen molar-refractivity contribution >= 4 is 10.7 Å². The summed E-state index contributed by atoms with van der Waals surface area (Å²) in [7, 11) is -2.08. The van der Waals surface area contributed by atoms with Crippen molar-refractivity contribution in [2.45, 2.75) is 12.8 Å². The fourth-order valence-electron chi connectivity index (χ4n) is 0.511. The van der Waals surface area contributed by atoms with Crippen LogP contribution >= 0.6 is 0 Å². The molecular formula is C4H8O2S. The average molecular weight is 120 g/mol. The highest BCUT2D eigenvalue weighted by atomic mass is 32.2. The van der Waals surface area contributed by atoms with Gasteiger partial charge in [0.05, 0.1) is 5.75 Å². The molecule has 1 saturated carbocycles. The smallest absolute Gasteiger partial charge is 0.140 e. The first-order chi connectivity index (χ1) is 3.29. The standard InChI is InChI=1S/C4H8O2S/c5-7(6)3-4-1-2-4/h4,7H,1-3H2. The zero-order chi connectivity index (χ0) is 5.28. The average Bonchev–Trinajstić information content (AvgIpc) is 2.17. The van der Waals surface area contributed by atoms with E-state index < -0.39 is 10.7 Å². The van der Waals surface area contributed by atoms with Crippen LogP contribution in [0, 0.1) is 5.92 Å². The van der Waals surface area contributed by atoms with Crippen LogP contribution in [-0.4, -0.2) is 14.2 Å². The van der Waals surface area contributed by atoms with Gasteiger partial charge in [0.15, 0.2) is 0 Å². The van der Waals surface area contributed by atoms with E-state index in [9.17, 15) is 8.42 Å². The highest BCUT2D eigenvalue weighted by Crippen LogP contribution is 2.28. The van der Waals surface area contributed by atoms with Gasteiger partial charge < -0.3 is 0 Å². The summed E-state index contributed by atoms with van der Waals surface area (Å²) in [6, 6.07) is 0. The van der Waals surface area contributed by atoms with Crippen molar-refractivity contribution in [1.29, 1.82) is 0 Å². The van der Waals surface area contributed by atoms with Crippen molar-refractivity contribution in [3.05, 3.63) is 0 Å². The maximum absolute atomic E-state index is 9.89. The Morgan fingerprint density at radius 1 is 1.43 bits per heavy atom. The normalized spacial score (nSPS) is 20.7. The van der Waals surface area contributed by atoms with Gasteiger partial charge in [0, 0.05) is 0 Å². The molecule has 0 N–H and O–H groups in total. The molecule has 0 saturated heterocycles. The minimum absolute atomic E-state index is 0.426. The van der Waals surface area contributed by atoms with Gasteiger partial charge in [-0.1, -0.05) is 0 Å². The van der Waals surface area contributed by atoms with E-state index in [0.717, 1.165) is 12.8 Å². The van der Waals surface area contributed by atoms with Crippen molar-refractivity contribution in [3.63, 3.8) is 0 Å². The molecule has 1 aliphatic rings. The Morgan fingerprint density at radius 3 is 2.14 bits per heavy atom. The van der Waals surface area contributed by atoms with E-state index in [0.29, 0.717) is 11.7 Å². The van der Waals surface area contributed by atoms with Crippen LogP contribution in [-0.2, 0) is 10.7 Å². The summed E-state index contributed by atoms with van der Waals surface area (Å²) in [5.74, 6) is 0.955. The second-order valence-corrected chi connectivity index (χ2v) is 2.99. The lowest BCUT2D eigenvalue weighted by atomic mass is 10.5. The van der Waals surface area contributed by atoms with Crippen molar-refractivity contribution in [1.82, 2.24) is 0 Å². The summed E-state index contributed by atoms with van der Waals surface area (Å²) >= 11 is 0. The Hall–Kier alpha value is -0.0500. The van der Waals surface area contributed by atoms with E-state index in [1.807, 2.05) is 0 Å². The van der Waals surface area contributed by atoms with Crippen LogP contribution in [0.4, 0.5) is 0 Å². The Balaban J connectivity index is 2.21. The van der Waals surface area contributed by atoms with E-state index in [2.05, 4.69) is 0 Å². The van der Waals surface area contributed by atoms with Crippen LogP contribution in [0.5, 0.6) is 0 Å². The van der Waals surface area contributed by atoms with Gasteiger partial charge in [0.1, 0.15) is 10.7 Å². The van der Waals surface area contributed by atoms with Gasteiger partial charge in [-0.05, 0) is 18.8 Å². The third kappa shape index (κ3) is 1.92. The molecule has 0 radical (unpaired) electrons. The molecule has 0 bridgehead atoms. The molecule has 1 rings (SSSR count). The minimum Gasteiger partial charge on any atom is -0.232 e. The van der Waals surface area contributed by atoms with Crippen molar-refractivity contribution in [2.75, 3.05) is 5.75 Å². The maximum Gasteiger partial charge on any atom is 0.140 e. The molecule has 1 aliphatic carbocycles. The number of rotatable bonds is 2. The van der Waals surface area contributed by atoms with Crippen molar-refractivity contribution in [3.8, 4) is 0 Å². The molecule has 0 aliphatic heterocycles. The lowest BCUT2D eigenvalue weighted by molar-refractivity contribution is 0.611. The van der Waals surface area contributed by atoms with Gasteiger partial charge >= 0.3 is 0 Å². The predicted molar refractivity (Wildman–Crippen MR) is 27.9 cm³/mol. The molecule has 3 heteroatoms. The lowest BCUT2D eigenvalue weighted by Crippen LogP contribution is -1.86. The Morgan fingerprint density at radius 2 is 2.00 bits per heavy atom. The van der Waals surface area contributed by atoms with Gasteiger partial charge in [0.2, 0.25) is 0 Å². The molecule has 0 aromatic rings. The monoisotopic (exact) mass is 120 g/mol. The Bertz CT molecular complexity index is 116. The van der Waals surface area contributed by atoms with Gasteiger partial charge in [-0.25, -0.2) is 8.42 Å². The van der Waals surface area contributed by atoms with Crippen LogP contribution in [0.25, 0.3) is 0 Å². The molecule has 0 spiro atoms. The van der Waals surface area contributed by atoms with Gasteiger partial charge in [0.25, 0.3) is 0 Å². The lowest BCUT2D eigenvalue weighted by Gasteiger charge is -1.76. The third-order valence-electron chi connectivity index (χ3n) is 1.10. The first-order valence-electron chi connectivity index (χ1n) is 2.41. The summed E-state index contributed by atoms with van der Waals surface area (Å²) in [5, 5.41) is 0. The summed E-state index contributed by atoms with van der Waals surface area (Å²) in [6.45, 7) is 0. The zero-order valence-electron chi connectivity index (χ0n) is 3.96. The highest BCUT2D eigenvalue weighted by molar-refractivity contribution is 7.72. The molecule has 0 heterocycles. The molecular weight excluding hydrogens is 112 g/mol. The molecule has 42 valence electrons. The number of thiol groups is 1. The summed E-state index contributed by atoms with van der Waals surface area (Å²) < 4.78 is 19.8. The molecule has 0 aromatic heterocycles. The molecule has 0 amide bonds. The van der Waals surface area contributed by atoms with E-state index in [1.54, 1.807) is 0 Å². The van der Waals surface area contributed by atoms with Gasteiger partial charge in [-0.2, -0.15) is 0 Å². The zero-order valence-corrected chi connectivity index (χ0v) is 4.86. The van der Waals surface area contributed by atoms with Gasteiger partial charge in [-0.15, -0.1) is 0 Å². The third-order valence-corrected chi connectivity index (χ3v) is 1.92. The van der Waals surface area contributed by atoms with Crippen LogP contribution in [0.3, 0.4) is 0 Å². The fourth-order valence-corrected chi connectivity index (χ4v) is 1.30. The molecule has 0 unspecified atom stereocenters. The summed E-state index contributed by atoms with van der Waals surface area (Å²) in [6.07, 6.45) is 2.26. The van der Waals surface area contributed by atoms with Gasteiger partial charge in [-0.3, -0.25) is 0 Å². The highest BCUT2D eigenvalue weighted by Gasteiger charge is 2.21. The maximum atomic E-state index is 9.89. The van der Waals surface area contributed by atoms with E-state index in [-0.39, 0.29) is 0 Å². The topological polar surface area (TPSA) is 34.1 Å². The Labute approximate surface area is 44.5 Å². The van der Waals surface area contributed by atoms with E-state index >= 15 is 0 Å². The Kier molecular flexibility index (Phi) is 1.32. The van der Waals surface area contributed by atoms with Crippen LogP contribution < -0.4 is 0 Å². The molecule has 0 atom stereocenters. The second kappa shape index (κ2) is 1.82. The number of hydrogen-bond donors (Lipinski definition) is 1. The van der Waals surface area contributed by atoms with Crippen LogP contribution in [0.1, 0.15) is 12.8 Å². The second-order valence-electron chi connectivity index (χ2n) is 1.96. The predicted octanol–water partition coefficient (Wildman–Crippen LogP) is 0.00780. The van der Waals surface area contributed by atoms with Crippen molar-refractivity contribution in [2.24, 2.45) is 5.92 Å². The molecule has 1 fully saturated rings. The minimum atomic E-state index is -2.08. The molecule has 2 nitrogen and oxygen atoms in total. The van der Waals surface area contributed by atoms with E-state index in [1.165, 1.54) is 0 Å². The molecule has 0 aromatic carbocycles. The van der Waals surface area contributed by atoms with E-state index in [4.69, 9.17) is 0 Å². The number of hydrogen-bond acceptors (Lipinski definition) is 2. The first kappa shape index (κ1) is 5.09. The SMILES string of the molecule is O=[SH](=O)CC1CC1. The molecule has 7 heavy (non-hydrogen) atoms. The summed E-state index contributed by atoms with van der Waals surface area (Å²) in [5.41, 5.74) is 0. The van der Waals surface area contributed by atoms with Crippen LogP contribution in [0.15, 0.2) is 0 Å². The van der Waals surface area contributed by atoms with Crippen molar-refractivity contribution < 1.29 is 8.42 Å². The quantitative estimate of drug-likeness (QED) is 0.521. The largest absolute Gasteiger partial charge is 0.232 e.